The van der Waals surface area contributed by atoms with Gasteiger partial charge in [-0.1, -0.05) is 48.5 Å². The highest BCUT2D eigenvalue weighted by Crippen LogP contribution is 2.26. The number of aliphatic hydroxyl groups excluding tert-OH is 1. The van der Waals surface area contributed by atoms with Crippen molar-refractivity contribution in [2.45, 2.75) is 32.1 Å². The van der Waals surface area contributed by atoms with Gasteiger partial charge in [0.25, 0.3) is 0 Å². The molecule has 5 nitrogen and oxygen atoms in total. The van der Waals surface area contributed by atoms with E-state index in [-0.39, 0.29) is 6.04 Å². The van der Waals surface area contributed by atoms with Crippen LogP contribution >= 0.6 is 0 Å². The first-order valence-corrected chi connectivity index (χ1v) is 10.2. The molecule has 0 aliphatic rings. The van der Waals surface area contributed by atoms with Gasteiger partial charge in [0.05, 0.1) is 18.9 Å². The Morgan fingerprint density at radius 1 is 0.967 bits per heavy atom. The summed E-state index contributed by atoms with van der Waals surface area (Å²) in [6.07, 6.45) is 0.222. The third-order valence-corrected chi connectivity index (χ3v) is 5.02. The molecule has 4 N–H and O–H groups in total. The number of hydrogen-bond donors (Lipinski definition) is 3. The maximum absolute atomic E-state index is 10.6. The van der Waals surface area contributed by atoms with E-state index in [4.69, 9.17) is 15.2 Å². The standard InChI is InChI=1S/C25H30N2O3/c1-18(14-19-8-11-22(29-2)12-9-19)27-16-24(28)21-10-13-25(23(26)15-21)30-17-20-6-4-3-5-7-20/h3-13,15,18,24,27-28H,14,16-17,26H2,1-2H3. The summed E-state index contributed by atoms with van der Waals surface area (Å²) in [6.45, 7) is 3.00. The van der Waals surface area contributed by atoms with Crippen molar-refractivity contribution in [1.29, 1.82) is 0 Å². The second kappa shape index (κ2) is 10.7. The molecule has 0 amide bonds. The minimum atomic E-state index is -0.645. The highest BCUT2D eigenvalue weighted by Gasteiger charge is 2.12. The van der Waals surface area contributed by atoms with Crippen LogP contribution in [0.1, 0.15) is 29.7 Å². The number of nitrogens with one attached hydrogen (secondary N) is 1. The summed E-state index contributed by atoms with van der Waals surface area (Å²) in [5.41, 5.74) is 9.72. The van der Waals surface area contributed by atoms with E-state index in [0.29, 0.717) is 24.6 Å². The zero-order valence-electron chi connectivity index (χ0n) is 17.5. The van der Waals surface area contributed by atoms with Crippen LogP contribution in [0.25, 0.3) is 0 Å². The fourth-order valence-electron chi connectivity index (χ4n) is 3.26. The van der Waals surface area contributed by atoms with Crippen molar-refractivity contribution in [3.05, 3.63) is 89.5 Å². The number of nitrogen functional groups attached to an aromatic ring is 1. The summed E-state index contributed by atoms with van der Waals surface area (Å²) in [6, 6.07) is 23.6. The Balaban J connectivity index is 1.49. The normalized spacial score (nSPS) is 12.9. The number of rotatable bonds is 10. The van der Waals surface area contributed by atoms with Crippen LogP contribution in [-0.4, -0.2) is 24.8 Å². The summed E-state index contributed by atoms with van der Waals surface area (Å²) >= 11 is 0. The summed E-state index contributed by atoms with van der Waals surface area (Å²) in [5.74, 6) is 1.47. The first-order valence-electron chi connectivity index (χ1n) is 10.2. The molecule has 3 aromatic carbocycles. The fraction of sp³-hybridized carbons (Fsp3) is 0.280. The zero-order valence-corrected chi connectivity index (χ0v) is 17.5. The number of anilines is 1. The zero-order chi connectivity index (χ0) is 21.3. The van der Waals surface area contributed by atoms with Gasteiger partial charge in [-0.15, -0.1) is 0 Å². The maximum atomic E-state index is 10.6. The molecule has 30 heavy (non-hydrogen) atoms. The molecule has 0 heterocycles. The average molecular weight is 407 g/mol. The molecule has 0 spiro atoms. The molecule has 0 saturated heterocycles. The first kappa shape index (κ1) is 21.7. The van der Waals surface area contributed by atoms with Gasteiger partial charge in [-0.3, -0.25) is 0 Å². The summed E-state index contributed by atoms with van der Waals surface area (Å²) in [7, 11) is 1.66. The minimum absolute atomic E-state index is 0.221. The molecule has 2 atom stereocenters. The third-order valence-electron chi connectivity index (χ3n) is 5.02. The minimum Gasteiger partial charge on any atom is -0.497 e. The van der Waals surface area contributed by atoms with Crippen LogP contribution in [0.3, 0.4) is 0 Å². The Morgan fingerprint density at radius 2 is 1.70 bits per heavy atom. The average Bonchev–Trinajstić information content (AvgIpc) is 2.78. The Bertz CT molecular complexity index is 913. The first-order chi connectivity index (χ1) is 14.5. The number of hydrogen-bond acceptors (Lipinski definition) is 5. The lowest BCUT2D eigenvalue weighted by molar-refractivity contribution is 0.170. The molecule has 158 valence electrons. The lowest BCUT2D eigenvalue weighted by Crippen LogP contribution is -2.32. The highest BCUT2D eigenvalue weighted by atomic mass is 16.5. The molecule has 3 aromatic rings. The smallest absolute Gasteiger partial charge is 0.142 e. The number of ether oxygens (including phenoxy) is 2. The number of methoxy groups -OCH3 is 1. The van der Waals surface area contributed by atoms with Gasteiger partial charge in [-0.05, 0) is 54.3 Å². The van der Waals surface area contributed by atoms with E-state index in [1.165, 1.54) is 5.56 Å². The van der Waals surface area contributed by atoms with Crippen molar-refractivity contribution in [1.82, 2.24) is 5.32 Å². The van der Waals surface area contributed by atoms with Crippen molar-refractivity contribution >= 4 is 5.69 Å². The van der Waals surface area contributed by atoms with E-state index in [0.717, 1.165) is 23.3 Å². The van der Waals surface area contributed by atoms with Crippen LogP contribution in [0.5, 0.6) is 11.5 Å². The number of benzene rings is 3. The van der Waals surface area contributed by atoms with Crippen LogP contribution in [0.2, 0.25) is 0 Å². The van der Waals surface area contributed by atoms with Crippen molar-refractivity contribution in [2.75, 3.05) is 19.4 Å². The summed E-state index contributed by atoms with van der Waals surface area (Å²) in [5, 5.41) is 13.9. The van der Waals surface area contributed by atoms with Gasteiger partial charge in [0.1, 0.15) is 18.1 Å². The largest absolute Gasteiger partial charge is 0.497 e. The van der Waals surface area contributed by atoms with Crippen molar-refractivity contribution in [3.8, 4) is 11.5 Å². The second-order valence-corrected chi connectivity index (χ2v) is 7.45. The Morgan fingerprint density at radius 3 is 2.37 bits per heavy atom. The fourth-order valence-corrected chi connectivity index (χ4v) is 3.26. The van der Waals surface area contributed by atoms with Crippen LogP contribution in [0.4, 0.5) is 5.69 Å². The topological polar surface area (TPSA) is 76.7 Å². The maximum Gasteiger partial charge on any atom is 0.142 e. The molecular weight excluding hydrogens is 376 g/mol. The Kier molecular flexibility index (Phi) is 7.71. The monoisotopic (exact) mass is 406 g/mol. The van der Waals surface area contributed by atoms with E-state index < -0.39 is 6.10 Å². The van der Waals surface area contributed by atoms with Crippen molar-refractivity contribution < 1.29 is 14.6 Å². The SMILES string of the molecule is COc1ccc(CC(C)NCC(O)c2ccc(OCc3ccccc3)c(N)c2)cc1. The van der Waals surface area contributed by atoms with Crippen LogP contribution in [0.15, 0.2) is 72.8 Å². The lowest BCUT2D eigenvalue weighted by atomic mass is 10.1. The molecule has 0 fully saturated rings. The van der Waals surface area contributed by atoms with Crippen LogP contribution in [-0.2, 0) is 13.0 Å². The van der Waals surface area contributed by atoms with E-state index in [9.17, 15) is 5.11 Å². The summed E-state index contributed by atoms with van der Waals surface area (Å²) < 4.78 is 11.0. The highest BCUT2D eigenvalue weighted by molar-refractivity contribution is 5.54. The molecule has 0 saturated carbocycles. The number of nitrogens with two attached hydrogens (primary N) is 1. The molecular formula is C25H30N2O3. The molecule has 0 aromatic heterocycles. The molecule has 0 bridgehead atoms. The van der Waals surface area contributed by atoms with Crippen LogP contribution < -0.4 is 20.5 Å². The van der Waals surface area contributed by atoms with Crippen LogP contribution in [0, 0.1) is 0 Å². The molecule has 0 aliphatic heterocycles. The van der Waals surface area contributed by atoms with Gasteiger partial charge in [0.2, 0.25) is 0 Å². The summed E-state index contributed by atoms with van der Waals surface area (Å²) in [4.78, 5) is 0. The van der Waals surface area contributed by atoms with Gasteiger partial charge in [-0.25, -0.2) is 0 Å². The van der Waals surface area contributed by atoms with Gasteiger partial charge in [-0.2, -0.15) is 0 Å². The predicted octanol–water partition coefficient (Wildman–Crippen LogP) is 4.11. The third kappa shape index (κ3) is 6.24. The molecule has 0 radical (unpaired) electrons. The van der Waals surface area contributed by atoms with E-state index in [1.54, 1.807) is 13.2 Å². The van der Waals surface area contributed by atoms with E-state index in [2.05, 4.69) is 24.4 Å². The van der Waals surface area contributed by atoms with Crippen molar-refractivity contribution in [3.63, 3.8) is 0 Å². The molecule has 2 unspecified atom stereocenters. The Hall–Kier alpha value is -3.02. The Labute approximate surface area is 178 Å². The molecule has 5 heteroatoms. The van der Waals surface area contributed by atoms with E-state index in [1.807, 2.05) is 54.6 Å². The van der Waals surface area contributed by atoms with Crippen molar-refractivity contribution in [2.24, 2.45) is 0 Å². The van der Waals surface area contributed by atoms with Gasteiger partial charge in [0.15, 0.2) is 0 Å². The predicted molar refractivity (Wildman–Crippen MR) is 121 cm³/mol. The lowest BCUT2D eigenvalue weighted by Gasteiger charge is -2.18. The second-order valence-electron chi connectivity index (χ2n) is 7.45. The van der Waals surface area contributed by atoms with Gasteiger partial charge in [0, 0.05) is 12.6 Å². The quantitative estimate of drug-likeness (QED) is 0.442. The van der Waals surface area contributed by atoms with E-state index >= 15 is 0 Å². The molecule has 0 aliphatic carbocycles. The number of aliphatic hydroxyl groups is 1. The van der Waals surface area contributed by atoms with Gasteiger partial charge < -0.3 is 25.6 Å². The molecule has 3 rings (SSSR count). The van der Waals surface area contributed by atoms with Gasteiger partial charge >= 0.3 is 0 Å².